The summed E-state index contributed by atoms with van der Waals surface area (Å²) in [5.74, 6) is 0.608. The molecule has 1 aliphatic heterocycles. The van der Waals surface area contributed by atoms with Crippen LogP contribution >= 0.6 is 11.6 Å². The third kappa shape index (κ3) is 5.02. The Hall–Kier alpha value is -2.99. The first-order valence-corrected chi connectivity index (χ1v) is 10.8. The molecule has 2 aliphatic rings. The smallest absolute Gasteiger partial charge is 0.286 e. The minimum atomic E-state index is -0.258. The maximum absolute atomic E-state index is 12.7. The Morgan fingerprint density at radius 3 is 2.77 bits per heavy atom. The fourth-order valence-electron chi connectivity index (χ4n) is 4.12. The second-order valence-electron chi connectivity index (χ2n) is 7.84. The van der Waals surface area contributed by atoms with Gasteiger partial charge in [0, 0.05) is 23.0 Å². The van der Waals surface area contributed by atoms with E-state index in [1.165, 1.54) is 0 Å². The monoisotopic (exact) mass is 440 g/mol. The number of carbonyl (C=O) groups is 2. The highest BCUT2D eigenvalue weighted by atomic mass is 35.5. The van der Waals surface area contributed by atoms with E-state index in [2.05, 4.69) is 10.6 Å². The normalized spacial score (nSPS) is 24.0. The Morgan fingerprint density at radius 2 is 2.00 bits per heavy atom. The summed E-state index contributed by atoms with van der Waals surface area (Å²) in [6.07, 6.45) is 3.56. The zero-order chi connectivity index (χ0) is 21.8. The van der Waals surface area contributed by atoms with E-state index < -0.39 is 0 Å². The molecule has 1 saturated carbocycles. The van der Waals surface area contributed by atoms with Gasteiger partial charge in [-0.15, -0.1) is 0 Å². The van der Waals surface area contributed by atoms with E-state index in [4.69, 9.17) is 21.1 Å². The molecule has 3 unspecified atom stereocenters. The van der Waals surface area contributed by atoms with Gasteiger partial charge in [-0.25, -0.2) is 0 Å². The standard InChI is InChI=1S/C24H25ClN2O4/c1-30-20-5-3-2-4-17(20)14-26-23(28)16-8-11-21-19(13-16)27-24(29)22(31-21)12-15-6-9-18(25)10-7-15/h2-7,9-10,12,16,19,21H,8,11,13-14H2,1H3,(H,26,28)(H,27,29)/b22-12-. The number of nitrogens with one attached hydrogen (secondary N) is 2. The molecule has 1 heterocycles. The lowest BCUT2D eigenvalue weighted by Gasteiger charge is -2.39. The van der Waals surface area contributed by atoms with Gasteiger partial charge in [0.15, 0.2) is 5.76 Å². The zero-order valence-electron chi connectivity index (χ0n) is 17.3. The highest BCUT2D eigenvalue weighted by Gasteiger charge is 2.40. The Balaban J connectivity index is 1.35. The molecule has 7 heteroatoms. The van der Waals surface area contributed by atoms with Crippen molar-refractivity contribution in [3.8, 4) is 5.75 Å². The molecule has 31 heavy (non-hydrogen) atoms. The number of para-hydroxylation sites is 1. The maximum Gasteiger partial charge on any atom is 0.286 e. The number of benzene rings is 2. The summed E-state index contributed by atoms with van der Waals surface area (Å²) in [5.41, 5.74) is 1.77. The van der Waals surface area contributed by atoms with Gasteiger partial charge in [0.25, 0.3) is 5.91 Å². The molecular weight excluding hydrogens is 416 g/mol. The highest BCUT2D eigenvalue weighted by molar-refractivity contribution is 6.30. The van der Waals surface area contributed by atoms with Crippen molar-refractivity contribution in [1.29, 1.82) is 0 Å². The van der Waals surface area contributed by atoms with E-state index >= 15 is 0 Å². The van der Waals surface area contributed by atoms with E-state index in [-0.39, 0.29) is 29.9 Å². The van der Waals surface area contributed by atoms with Crippen molar-refractivity contribution < 1.29 is 19.1 Å². The minimum absolute atomic E-state index is 0.0129. The van der Waals surface area contributed by atoms with Gasteiger partial charge in [0.1, 0.15) is 11.9 Å². The van der Waals surface area contributed by atoms with Crippen LogP contribution in [0.4, 0.5) is 0 Å². The first-order chi connectivity index (χ1) is 15.0. The minimum Gasteiger partial charge on any atom is -0.496 e. The lowest BCUT2D eigenvalue weighted by molar-refractivity contribution is -0.134. The fourth-order valence-corrected chi connectivity index (χ4v) is 4.24. The molecule has 2 aromatic carbocycles. The van der Waals surface area contributed by atoms with Crippen molar-refractivity contribution in [3.63, 3.8) is 0 Å². The molecule has 3 atom stereocenters. The average molecular weight is 441 g/mol. The number of halogens is 1. The Labute approximate surface area is 186 Å². The van der Waals surface area contributed by atoms with Crippen LogP contribution in [-0.2, 0) is 20.9 Å². The number of ether oxygens (including phenoxy) is 2. The molecule has 2 aromatic rings. The van der Waals surface area contributed by atoms with Crippen LogP contribution in [0, 0.1) is 5.92 Å². The largest absolute Gasteiger partial charge is 0.496 e. The summed E-state index contributed by atoms with van der Waals surface area (Å²) in [6, 6.07) is 14.6. The van der Waals surface area contributed by atoms with Crippen molar-refractivity contribution in [3.05, 3.63) is 70.4 Å². The number of hydrogen-bond acceptors (Lipinski definition) is 4. The van der Waals surface area contributed by atoms with Crippen LogP contribution in [0.15, 0.2) is 54.3 Å². The zero-order valence-corrected chi connectivity index (χ0v) is 18.0. The first-order valence-electron chi connectivity index (χ1n) is 10.4. The van der Waals surface area contributed by atoms with Gasteiger partial charge in [0.05, 0.1) is 13.2 Å². The molecule has 0 spiro atoms. The lowest BCUT2D eigenvalue weighted by atomic mass is 9.82. The van der Waals surface area contributed by atoms with E-state index in [1.807, 2.05) is 36.4 Å². The molecule has 0 aromatic heterocycles. The maximum atomic E-state index is 12.7. The fraction of sp³-hybridized carbons (Fsp3) is 0.333. The highest BCUT2D eigenvalue weighted by Crippen LogP contribution is 2.32. The van der Waals surface area contributed by atoms with Gasteiger partial charge in [-0.05, 0) is 49.1 Å². The van der Waals surface area contributed by atoms with Gasteiger partial charge in [0.2, 0.25) is 5.91 Å². The van der Waals surface area contributed by atoms with E-state index in [9.17, 15) is 9.59 Å². The number of rotatable bonds is 5. The second kappa shape index (κ2) is 9.43. The van der Waals surface area contributed by atoms with Crippen LogP contribution in [-0.4, -0.2) is 31.1 Å². The van der Waals surface area contributed by atoms with Gasteiger partial charge in [-0.3, -0.25) is 9.59 Å². The van der Waals surface area contributed by atoms with E-state index in [0.717, 1.165) is 16.9 Å². The molecule has 0 radical (unpaired) electrons. The van der Waals surface area contributed by atoms with E-state index in [1.54, 1.807) is 25.3 Å². The molecule has 2 N–H and O–H groups in total. The van der Waals surface area contributed by atoms with Crippen molar-refractivity contribution in [2.45, 2.75) is 38.0 Å². The molecule has 2 fully saturated rings. The molecular formula is C24H25ClN2O4. The van der Waals surface area contributed by atoms with Crippen molar-refractivity contribution in [2.75, 3.05) is 7.11 Å². The molecule has 1 aliphatic carbocycles. The van der Waals surface area contributed by atoms with Crippen LogP contribution in [0.25, 0.3) is 6.08 Å². The first kappa shape index (κ1) is 21.2. The average Bonchev–Trinajstić information content (AvgIpc) is 2.79. The summed E-state index contributed by atoms with van der Waals surface area (Å²) in [7, 11) is 1.61. The van der Waals surface area contributed by atoms with Crippen LogP contribution in [0.2, 0.25) is 5.02 Å². The van der Waals surface area contributed by atoms with Crippen LogP contribution in [0.1, 0.15) is 30.4 Å². The second-order valence-corrected chi connectivity index (χ2v) is 8.27. The summed E-state index contributed by atoms with van der Waals surface area (Å²) in [5, 5.41) is 6.66. The summed E-state index contributed by atoms with van der Waals surface area (Å²) in [6.45, 7) is 0.407. The van der Waals surface area contributed by atoms with Gasteiger partial charge in [-0.2, -0.15) is 0 Å². The number of morpholine rings is 1. The number of hydrogen-bond donors (Lipinski definition) is 2. The van der Waals surface area contributed by atoms with Crippen molar-refractivity contribution in [1.82, 2.24) is 10.6 Å². The third-order valence-corrected chi connectivity index (χ3v) is 6.04. The molecule has 4 rings (SSSR count). The molecule has 162 valence electrons. The van der Waals surface area contributed by atoms with Crippen LogP contribution in [0.5, 0.6) is 5.75 Å². The molecule has 2 amide bonds. The number of methoxy groups -OCH3 is 1. The van der Waals surface area contributed by atoms with Gasteiger partial charge < -0.3 is 20.1 Å². The molecule has 1 saturated heterocycles. The molecule has 6 nitrogen and oxygen atoms in total. The van der Waals surface area contributed by atoms with E-state index in [0.29, 0.717) is 36.6 Å². The Bertz CT molecular complexity index is 989. The number of fused-ring (bicyclic) bond motifs is 1. The molecule has 0 bridgehead atoms. The van der Waals surface area contributed by atoms with Crippen molar-refractivity contribution in [2.24, 2.45) is 5.92 Å². The summed E-state index contributed by atoms with van der Waals surface area (Å²) in [4.78, 5) is 25.3. The lowest BCUT2D eigenvalue weighted by Crippen LogP contribution is -2.54. The summed E-state index contributed by atoms with van der Waals surface area (Å²) >= 11 is 5.92. The quantitative estimate of drug-likeness (QED) is 0.695. The predicted octanol–water partition coefficient (Wildman–Crippen LogP) is 3.69. The summed E-state index contributed by atoms with van der Waals surface area (Å²) < 4.78 is 11.3. The van der Waals surface area contributed by atoms with Crippen LogP contribution < -0.4 is 15.4 Å². The van der Waals surface area contributed by atoms with Gasteiger partial charge >= 0.3 is 0 Å². The topological polar surface area (TPSA) is 76.7 Å². The SMILES string of the molecule is COc1ccccc1CNC(=O)C1CCC2O/C(=C\c3ccc(Cl)cc3)C(=O)NC2C1. The van der Waals surface area contributed by atoms with Crippen LogP contribution in [0.3, 0.4) is 0 Å². The third-order valence-electron chi connectivity index (χ3n) is 5.79. The van der Waals surface area contributed by atoms with Gasteiger partial charge in [-0.1, -0.05) is 41.9 Å². The Kier molecular flexibility index (Phi) is 6.47. The number of amides is 2. The predicted molar refractivity (Wildman–Crippen MR) is 118 cm³/mol. The van der Waals surface area contributed by atoms with Crippen molar-refractivity contribution >= 4 is 29.5 Å². The number of carbonyl (C=O) groups excluding carboxylic acids is 2. The Morgan fingerprint density at radius 1 is 1.23 bits per heavy atom.